The second-order valence-corrected chi connectivity index (χ2v) is 11.3. The van der Waals surface area contributed by atoms with E-state index in [-0.39, 0.29) is 23.5 Å². The van der Waals surface area contributed by atoms with E-state index in [1.54, 1.807) is 19.7 Å². The molecule has 1 heterocycles. The van der Waals surface area contributed by atoms with Crippen LogP contribution in [0.2, 0.25) is 0 Å². The van der Waals surface area contributed by atoms with Gasteiger partial charge in [0.15, 0.2) is 17.3 Å². The topological polar surface area (TPSA) is 117 Å². The van der Waals surface area contributed by atoms with Gasteiger partial charge in [0.1, 0.15) is 0 Å². The number of unbranched alkanes of at least 4 members (excludes halogenated alkanes) is 3. The van der Waals surface area contributed by atoms with Crippen LogP contribution < -0.4 is 20.3 Å². The van der Waals surface area contributed by atoms with E-state index in [1.165, 1.54) is 5.56 Å². The average molecular weight is 566 g/mol. The summed E-state index contributed by atoms with van der Waals surface area (Å²) < 4.78 is 10.8. The van der Waals surface area contributed by atoms with Gasteiger partial charge in [-0.3, -0.25) is 24.5 Å². The van der Waals surface area contributed by atoms with Gasteiger partial charge in [-0.25, -0.2) is 5.48 Å². The van der Waals surface area contributed by atoms with Crippen molar-refractivity contribution in [1.29, 1.82) is 0 Å². The van der Waals surface area contributed by atoms with E-state index in [0.717, 1.165) is 81.4 Å². The molecule has 41 heavy (non-hydrogen) atoms. The molecule has 1 fully saturated rings. The number of hydroxylamine groups is 1. The normalized spacial score (nSPS) is 17.2. The summed E-state index contributed by atoms with van der Waals surface area (Å²) in [5.74, 6) is 1.71. The van der Waals surface area contributed by atoms with E-state index in [4.69, 9.17) is 14.7 Å². The van der Waals surface area contributed by atoms with Crippen molar-refractivity contribution >= 4 is 23.3 Å². The molecule has 2 aromatic rings. The van der Waals surface area contributed by atoms with Gasteiger partial charge in [0.25, 0.3) is 0 Å². The fraction of sp³-hybridized carbons (Fsp3) is 0.531. The Morgan fingerprint density at radius 2 is 1.63 bits per heavy atom. The fourth-order valence-corrected chi connectivity index (χ4v) is 6.08. The number of methoxy groups -OCH3 is 2. The minimum atomic E-state index is -0.373. The minimum absolute atomic E-state index is 0.00318. The van der Waals surface area contributed by atoms with Crippen LogP contribution in [-0.4, -0.2) is 55.0 Å². The Labute approximate surface area is 242 Å². The predicted octanol–water partition coefficient (Wildman–Crippen LogP) is 5.15. The Kier molecular flexibility index (Phi) is 11.2. The molecule has 0 spiro atoms. The van der Waals surface area contributed by atoms with E-state index in [2.05, 4.69) is 22.3 Å². The molecule has 0 bridgehead atoms. The summed E-state index contributed by atoms with van der Waals surface area (Å²) in [4.78, 5) is 39.0. The zero-order chi connectivity index (χ0) is 29.2. The Hall–Kier alpha value is -3.43. The van der Waals surface area contributed by atoms with Crippen LogP contribution in [0.3, 0.4) is 0 Å². The van der Waals surface area contributed by atoms with Crippen molar-refractivity contribution in [3.63, 3.8) is 0 Å². The number of hydrogen-bond acceptors (Lipinski definition) is 7. The summed E-state index contributed by atoms with van der Waals surface area (Å²) in [6.45, 7) is 2.83. The van der Waals surface area contributed by atoms with Crippen LogP contribution in [0.5, 0.6) is 11.5 Å². The van der Waals surface area contributed by atoms with Gasteiger partial charge in [-0.2, -0.15) is 0 Å². The molecule has 1 aliphatic heterocycles. The first-order valence-corrected chi connectivity index (χ1v) is 14.7. The molecule has 2 aromatic carbocycles. The highest BCUT2D eigenvalue weighted by Crippen LogP contribution is 2.39. The van der Waals surface area contributed by atoms with E-state index in [9.17, 15) is 14.4 Å². The molecular formula is C32H43N3O6. The standard InChI is InChI=1S/C32H43N3O6/c1-40-28-19-24-18-25(32(38)27(24)20-29(28)41-2)16-22-12-14-35(15-13-22)21-23-8-7-9-26(17-23)33-30(36)10-5-3-4-6-11-31(37)34-39/h7-9,17,19-20,22,25,39H,3-6,10-16,18,21H2,1-2H3,(H,33,36)(H,34,37). The number of rotatable bonds is 14. The summed E-state index contributed by atoms with van der Waals surface area (Å²) in [5, 5.41) is 11.5. The summed E-state index contributed by atoms with van der Waals surface area (Å²) in [6.07, 6.45) is 7.78. The number of fused-ring (bicyclic) bond motifs is 1. The van der Waals surface area contributed by atoms with Gasteiger partial charge in [0, 0.05) is 36.6 Å². The predicted molar refractivity (Wildman–Crippen MR) is 156 cm³/mol. The van der Waals surface area contributed by atoms with Crippen LogP contribution in [0.15, 0.2) is 36.4 Å². The lowest BCUT2D eigenvalue weighted by Gasteiger charge is -2.33. The van der Waals surface area contributed by atoms with Gasteiger partial charge in [-0.15, -0.1) is 0 Å². The Balaban J connectivity index is 1.17. The number of nitrogens with one attached hydrogen (secondary N) is 2. The Bertz CT molecular complexity index is 1210. The molecule has 3 N–H and O–H groups in total. The number of carbonyl (C=O) groups excluding carboxylic acids is 3. The molecule has 1 unspecified atom stereocenters. The summed E-state index contributed by atoms with van der Waals surface area (Å²) in [7, 11) is 3.22. The van der Waals surface area contributed by atoms with E-state index in [1.807, 2.05) is 24.3 Å². The van der Waals surface area contributed by atoms with Crippen LogP contribution in [-0.2, 0) is 22.6 Å². The molecule has 9 heteroatoms. The van der Waals surface area contributed by atoms with E-state index in [0.29, 0.717) is 36.7 Å². The maximum absolute atomic E-state index is 13.1. The molecule has 1 aliphatic carbocycles. The second kappa shape index (κ2) is 15.0. The van der Waals surface area contributed by atoms with Gasteiger partial charge in [0.05, 0.1) is 14.2 Å². The molecule has 4 rings (SSSR count). The monoisotopic (exact) mass is 565 g/mol. The third-order valence-corrected chi connectivity index (χ3v) is 8.34. The zero-order valence-electron chi connectivity index (χ0n) is 24.2. The Morgan fingerprint density at radius 3 is 2.32 bits per heavy atom. The minimum Gasteiger partial charge on any atom is -0.493 e. The van der Waals surface area contributed by atoms with Crippen molar-refractivity contribution in [2.24, 2.45) is 11.8 Å². The number of piperidine rings is 1. The van der Waals surface area contributed by atoms with Crippen LogP contribution in [0, 0.1) is 11.8 Å². The van der Waals surface area contributed by atoms with E-state index < -0.39 is 0 Å². The van der Waals surface area contributed by atoms with Crippen molar-refractivity contribution in [2.75, 3.05) is 32.6 Å². The van der Waals surface area contributed by atoms with Gasteiger partial charge in [0.2, 0.25) is 11.8 Å². The maximum Gasteiger partial charge on any atom is 0.243 e. The van der Waals surface area contributed by atoms with E-state index >= 15 is 0 Å². The lowest BCUT2D eigenvalue weighted by molar-refractivity contribution is -0.129. The molecule has 2 amide bonds. The van der Waals surface area contributed by atoms with Crippen molar-refractivity contribution in [2.45, 2.75) is 70.8 Å². The summed E-state index contributed by atoms with van der Waals surface area (Å²) >= 11 is 0. The van der Waals surface area contributed by atoms with Crippen molar-refractivity contribution in [1.82, 2.24) is 10.4 Å². The number of ketones is 1. The van der Waals surface area contributed by atoms with Crippen molar-refractivity contribution < 1.29 is 29.1 Å². The van der Waals surface area contributed by atoms with Crippen molar-refractivity contribution in [3.8, 4) is 11.5 Å². The SMILES string of the molecule is COc1cc2c(cc1OC)C(=O)C(CC1CCN(Cc3cccc(NC(=O)CCCCCCC(=O)NO)c3)CC1)C2. The van der Waals surface area contributed by atoms with Crippen LogP contribution in [0.4, 0.5) is 5.69 Å². The fourth-order valence-electron chi connectivity index (χ4n) is 6.08. The first-order valence-electron chi connectivity index (χ1n) is 14.7. The molecule has 0 radical (unpaired) electrons. The first-order chi connectivity index (χ1) is 19.9. The number of carbonyl (C=O) groups is 3. The molecule has 9 nitrogen and oxygen atoms in total. The molecule has 1 saturated heterocycles. The number of ether oxygens (including phenoxy) is 2. The largest absolute Gasteiger partial charge is 0.493 e. The maximum atomic E-state index is 13.1. The molecule has 2 aliphatic rings. The molecule has 222 valence electrons. The second-order valence-electron chi connectivity index (χ2n) is 11.3. The lowest BCUT2D eigenvalue weighted by Crippen LogP contribution is -2.34. The molecular weight excluding hydrogens is 522 g/mol. The van der Waals surface area contributed by atoms with Gasteiger partial charge >= 0.3 is 0 Å². The number of hydrogen-bond donors (Lipinski definition) is 3. The van der Waals surface area contributed by atoms with Crippen molar-refractivity contribution in [3.05, 3.63) is 53.1 Å². The lowest BCUT2D eigenvalue weighted by atomic mass is 9.85. The smallest absolute Gasteiger partial charge is 0.243 e. The van der Waals surface area contributed by atoms with Crippen LogP contribution in [0.25, 0.3) is 0 Å². The van der Waals surface area contributed by atoms with Crippen LogP contribution >= 0.6 is 0 Å². The highest BCUT2D eigenvalue weighted by molar-refractivity contribution is 6.03. The van der Waals surface area contributed by atoms with Gasteiger partial charge in [-0.05, 0) is 92.9 Å². The van der Waals surface area contributed by atoms with Crippen LogP contribution in [0.1, 0.15) is 79.3 Å². The van der Waals surface area contributed by atoms with Gasteiger partial charge in [-0.1, -0.05) is 25.0 Å². The highest BCUT2D eigenvalue weighted by Gasteiger charge is 2.34. The number of likely N-dealkylation sites (tertiary alicyclic amines) is 1. The summed E-state index contributed by atoms with van der Waals surface area (Å²) in [6, 6.07) is 11.8. The highest BCUT2D eigenvalue weighted by atomic mass is 16.5. The third kappa shape index (κ3) is 8.53. The number of Topliss-reactive ketones (excluding diaryl/α,β-unsaturated/α-hetero) is 1. The third-order valence-electron chi connectivity index (χ3n) is 8.34. The molecule has 1 atom stereocenters. The number of nitrogens with zero attached hydrogens (tertiary/aromatic N) is 1. The number of benzene rings is 2. The molecule has 0 saturated carbocycles. The first kappa shape index (κ1) is 30.5. The zero-order valence-corrected chi connectivity index (χ0v) is 24.2. The van der Waals surface area contributed by atoms with Gasteiger partial charge < -0.3 is 14.8 Å². The average Bonchev–Trinajstić information content (AvgIpc) is 3.28. The number of amides is 2. The number of anilines is 1. The summed E-state index contributed by atoms with van der Waals surface area (Å²) in [5.41, 5.74) is 5.46. The molecule has 0 aromatic heterocycles. The Morgan fingerprint density at radius 1 is 0.951 bits per heavy atom. The quantitative estimate of drug-likeness (QED) is 0.165.